The minimum atomic E-state index is -3.52. The van der Waals surface area contributed by atoms with E-state index in [2.05, 4.69) is 17.9 Å². The van der Waals surface area contributed by atoms with Gasteiger partial charge in [-0.15, -0.1) is 11.3 Å². The summed E-state index contributed by atoms with van der Waals surface area (Å²) < 4.78 is 39.3. The number of aromatic nitrogens is 1. The zero-order valence-electron chi connectivity index (χ0n) is 17.7. The second-order valence-corrected chi connectivity index (χ2v) is 10.4. The van der Waals surface area contributed by atoms with Crippen LogP contribution in [-0.2, 0) is 14.8 Å². The molecule has 0 aliphatic carbocycles. The highest BCUT2D eigenvalue weighted by Crippen LogP contribution is 2.30. The molecule has 0 amide bonds. The van der Waals surface area contributed by atoms with E-state index in [0.717, 1.165) is 10.5 Å². The van der Waals surface area contributed by atoms with Gasteiger partial charge in [-0.25, -0.2) is 13.4 Å². The summed E-state index contributed by atoms with van der Waals surface area (Å²) in [5.74, 6) is 0.630. The number of ether oxygens (including phenoxy) is 2. The predicted octanol–water partition coefficient (Wildman–Crippen LogP) is 3.39. The van der Waals surface area contributed by atoms with Gasteiger partial charge in [0.05, 0.1) is 27.8 Å². The summed E-state index contributed by atoms with van der Waals surface area (Å²) in [6, 6.07) is 14.9. The smallest absolute Gasteiger partial charge is 0.243 e. The highest BCUT2D eigenvalue weighted by Gasteiger charge is 2.31. The Morgan fingerprint density at radius 2 is 1.74 bits per heavy atom. The lowest BCUT2D eigenvalue weighted by atomic mass is 10.2. The normalized spacial score (nSPS) is 17.1. The molecule has 0 spiro atoms. The van der Waals surface area contributed by atoms with Crippen molar-refractivity contribution in [1.82, 2.24) is 14.2 Å². The van der Waals surface area contributed by atoms with E-state index >= 15 is 0 Å². The number of hydrogen-bond acceptors (Lipinski definition) is 7. The van der Waals surface area contributed by atoms with E-state index in [1.165, 1.54) is 4.70 Å². The van der Waals surface area contributed by atoms with E-state index < -0.39 is 10.0 Å². The maximum atomic E-state index is 13.1. The summed E-state index contributed by atoms with van der Waals surface area (Å²) in [5.41, 5.74) is 1.02. The first-order chi connectivity index (χ1) is 15.0. The van der Waals surface area contributed by atoms with Gasteiger partial charge in [-0.3, -0.25) is 4.90 Å². The van der Waals surface area contributed by atoms with E-state index in [-0.39, 0.29) is 6.04 Å². The van der Waals surface area contributed by atoms with Gasteiger partial charge in [0.2, 0.25) is 10.0 Å². The molecule has 1 aliphatic heterocycles. The maximum Gasteiger partial charge on any atom is 0.243 e. The van der Waals surface area contributed by atoms with Crippen LogP contribution >= 0.6 is 11.3 Å². The Morgan fingerprint density at radius 1 is 1.03 bits per heavy atom. The van der Waals surface area contributed by atoms with Gasteiger partial charge in [0.25, 0.3) is 0 Å². The van der Waals surface area contributed by atoms with Crippen LogP contribution < -0.4 is 4.74 Å². The number of para-hydroxylation sites is 1. The third-order valence-corrected chi connectivity index (χ3v) is 8.63. The minimum Gasteiger partial charge on any atom is -0.491 e. The molecule has 3 aromatic rings. The SMILES string of the molecule is COCCOc1ccc(S(=O)(=O)N2CCN(C(C)c3nc4ccccc4s3)CC2)cc1. The lowest BCUT2D eigenvalue weighted by molar-refractivity contribution is 0.145. The molecular weight excluding hydrogens is 434 g/mol. The molecule has 2 heterocycles. The standard InChI is InChI=1S/C22H27N3O4S2/c1-17(22-23-20-5-3-4-6-21(20)30-22)24-11-13-25(14-12-24)31(26,27)19-9-7-18(8-10-19)29-16-15-28-2/h3-10,17H,11-16H2,1-2H3. The Balaban J connectivity index is 1.38. The molecule has 1 aromatic heterocycles. The van der Waals surface area contributed by atoms with Gasteiger partial charge in [0.1, 0.15) is 17.4 Å². The molecule has 0 bridgehead atoms. The van der Waals surface area contributed by atoms with E-state index in [4.69, 9.17) is 14.5 Å². The summed E-state index contributed by atoms with van der Waals surface area (Å²) in [6.45, 7) is 5.33. The first kappa shape index (κ1) is 22.2. The molecule has 1 atom stereocenters. The largest absolute Gasteiger partial charge is 0.491 e. The summed E-state index contributed by atoms with van der Waals surface area (Å²) in [4.78, 5) is 7.36. The summed E-state index contributed by atoms with van der Waals surface area (Å²) in [7, 11) is -1.92. The molecule has 0 radical (unpaired) electrons. The fourth-order valence-electron chi connectivity index (χ4n) is 3.66. The van der Waals surface area contributed by atoms with E-state index in [1.807, 2.05) is 18.2 Å². The lowest BCUT2D eigenvalue weighted by Crippen LogP contribution is -2.49. The number of sulfonamides is 1. The van der Waals surface area contributed by atoms with E-state index in [1.54, 1.807) is 47.0 Å². The summed E-state index contributed by atoms with van der Waals surface area (Å²) in [5, 5.41) is 1.07. The quantitative estimate of drug-likeness (QED) is 0.479. The average Bonchev–Trinajstić information content (AvgIpc) is 3.23. The highest BCUT2D eigenvalue weighted by atomic mass is 32.2. The number of benzene rings is 2. The Bertz CT molecular complexity index is 1070. The number of rotatable bonds is 8. The van der Waals surface area contributed by atoms with Gasteiger partial charge in [0, 0.05) is 33.3 Å². The second kappa shape index (κ2) is 9.62. The molecular formula is C22H27N3O4S2. The van der Waals surface area contributed by atoms with Gasteiger partial charge in [-0.1, -0.05) is 12.1 Å². The molecule has 7 nitrogen and oxygen atoms in total. The van der Waals surface area contributed by atoms with Crippen molar-refractivity contribution >= 4 is 31.6 Å². The van der Waals surface area contributed by atoms with Crippen LogP contribution in [0.3, 0.4) is 0 Å². The second-order valence-electron chi connectivity index (χ2n) is 7.45. The van der Waals surface area contributed by atoms with Crippen molar-refractivity contribution < 1.29 is 17.9 Å². The molecule has 2 aromatic carbocycles. The maximum absolute atomic E-state index is 13.1. The average molecular weight is 462 g/mol. The van der Waals surface area contributed by atoms with Crippen molar-refractivity contribution in [2.24, 2.45) is 0 Å². The first-order valence-electron chi connectivity index (χ1n) is 10.3. The topological polar surface area (TPSA) is 72.0 Å². The number of hydrogen-bond donors (Lipinski definition) is 0. The number of methoxy groups -OCH3 is 1. The Morgan fingerprint density at radius 3 is 2.42 bits per heavy atom. The minimum absolute atomic E-state index is 0.158. The van der Waals surface area contributed by atoms with Gasteiger partial charge < -0.3 is 9.47 Å². The number of piperazine rings is 1. The van der Waals surface area contributed by atoms with Crippen molar-refractivity contribution in [2.75, 3.05) is 46.5 Å². The van der Waals surface area contributed by atoms with Gasteiger partial charge in [-0.05, 0) is 43.3 Å². The number of fused-ring (bicyclic) bond motifs is 1. The van der Waals surface area contributed by atoms with Crippen molar-refractivity contribution in [1.29, 1.82) is 0 Å². The van der Waals surface area contributed by atoms with Crippen LogP contribution in [0.1, 0.15) is 18.0 Å². The molecule has 166 valence electrons. The Hall–Kier alpha value is -2.04. The molecule has 1 fully saturated rings. The molecule has 0 saturated carbocycles. The van der Waals surface area contributed by atoms with Crippen LogP contribution in [0.5, 0.6) is 5.75 Å². The number of nitrogens with zero attached hydrogens (tertiary/aromatic N) is 3. The highest BCUT2D eigenvalue weighted by molar-refractivity contribution is 7.89. The Kier molecular flexibility index (Phi) is 6.88. The Labute approximate surface area is 187 Å². The summed E-state index contributed by atoms with van der Waals surface area (Å²) >= 11 is 1.71. The van der Waals surface area contributed by atoms with Crippen LogP contribution in [0.25, 0.3) is 10.2 Å². The van der Waals surface area contributed by atoms with Gasteiger partial charge >= 0.3 is 0 Å². The van der Waals surface area contributed by atoms with E-state index in [0.29, 0.717) is 50.0 Å². The van der Waals surface area contributed by atoms with Crippen LogP contribution in [0.4, 0.5) is 0 Å². The molecule has 31 heavy (non-hydrogen) atoms. The fourth-order valence-corrected chi connectivity index (χ4v) is 6.13. The molecule has 4 rings (SSSR count). The molecule has 1 aliphatic rings. The van der Waals surface area contributed by atoms with Crippen LogP contribution in [0.2, 0.25) is 0 Å². The van der Waals surface area contributed by atoms with Crippen LogP contribution in [0, 0.1) is 0 Å². The van der Waals surface area contributed by atoms with Crippen molar-refractivity contribution in [3.63, 3.8) is 0 Å². The lowest BCUT2D eigenvalue weighted by Gasteiger charge is -2.36. The summed E-state index contributed by atoms with van der Waals surface area (Å²) in [6.07, 6.45) is 0. The van der Waals surface area contributed by atoms with Gasteiger partial charge in [-0.2, -0.15) is 4.31 Å². The van der Waals surface area contributed by atoms with Crippen LogP contribution in [-0.4, -0.2) is 69.1 Å². The fraction of sp³-hybridized carbons (Fsp3) is 0.409. The molecule has 0 N–H and O–H groups in total. The van der Waals surface area contributed by atoms with E-state index in [9.17, 15) is 8.42 Å². The monoisotopic (exact) mass is 461 g/mol. The van der Waals surface area contributed by atoms with Crippen molar-refractivity contribution in [2.45, 2.75) is 17.9 Å². The van der Waals surface area contributed by atoms with Crippen molar-refractivity contribution in [3.05, 3.63) is 53.5 Å². The van der Waals surface area contributed by atoms with Crippen molar-refractivity contribution in [3.8, 4) is 5.75 Å². The predicted molar refractivity (Wildman–Crippen MR) is 122 cm³/mol. The zero-order chi connectivity index (χ0) is 21.8. The molecule has 9 heteroatoms. The van der Waals surface area contributed by atoms with Gasteiger partial charge in [0.15, 0.2) is 0 Å². The van der Waals surface area contributed by atoms with Crippen LogP contribution in [0.15, 0.2) is 53.4 Å². The zero-order valence-corrected chi connectivity index (χ0v) is 19.4. The third kappa shape index (κ3) is 4.91. The third-order valence-electron chi connectivity index (χ3n) is 5.51. The molecule has 1 unspecified atom stereocenters. The number of thiazole rings is 1. The molecule has 1 saturated heterocycles. The first-order valence-corrected chi connectivity index (χ1v) is 12.6.